The molecule has 0 spiro atoms. The maximum absolute atomic E-state index is 12.6. The second-order valence-electron chi connectivity index (χ2n) is 7.50. The molecule has 0 amide bonds. The molecule has 0 aliphatic carbocycles. The second kappa shape index (κ2) is 12.6. The second-order valence-corrected chi connectivity index (χ2v) is 10.4. The average molecular weight is 489 g/mol. The number of carbonyl (C=O) groups excluding carboxylic acids is 1. The topological polar surface area (TPSA) is 34.1 Å². The molecule has 2 nitrogen and oxygen atoms in total. The number of aryl methyl sites for hydroxylation is 3. The minimum absolute atomic E-state index is 0.0612. The lowest BCUT2D eigenvalue weighted by Gasteiger charge is -2.11. The molecule has 0 radical (unpaired) electrons. The molecule has 0 atom stereocenters. The van der Waals surface area contributed by atoms with E-state index in [9.17, 15) is 9.36 Å². The Kier molecular flexibility index (Phi) is 9.50. The van der Waals surface area contributed by atoms with Crippen molar-refractivity contribution in [3.63, 3.8) is 0 Å². The summed E-state index contributed by atoms with van der Waals surface area (Å²) in [5, 5.41) is 0.534. The zero-order valence-electron chi connectivity index (χ0n) is 18.8. The third-order valence-electron chi connectivity index (χ3n) is 4.87. The van der Waals surface area contributed by atoms with E-state index in [1.165, 1.54) is 9.79 Å². The van der Waals surface area contributed by atoms with Crippen molar-refractivity contribution in [3.8, 4) is 0 Å². The van der Waals surface area contributed by atoms with Gasteiger partial charge in [-0.1, -0.05) is 87.8 Å². The molecule has 0 aliphatic heterocycles. The number of carbonyl (C=O) groups is 1. The first-order chi connectivity index (χ1) is 16.0. The van der Waals surface area contributed by atoms with Crippen LogP contribution in [0.2, 0.25) is 0 Å². The Hall–Kier alpha value is -2.65. The molecule has 166 valence electrons. The summed E-state index contributed by atoms with van der Waals surface area (Å²) in [7, 11) is 3.46. The van der Waals surface area contributed by atoms with Crippen molar-refractivity contribution in [2.45, 2.75) is 30.6 Å². The smallest absolute Gasteiger partial charge is 0.194 e. The molecule has 5 heteroatoms. The summed E-state index contributed by atoms with van der Waals surface area (Å²) in [5.74, 6) is -0.0612. The standard InChI is InChI=1S/C16H15O2P.C12H10S2/c1-10-8-11(2)15(12(3)9-10)16(17)13-6-4-5-7-14(13)19-18;1-3-7-11(8-4-1)13-14-12-9-5-2-6-10-12/h4-9H,1-3H3;1-10H. The molecular formula is C28H25O2PS2. The van der Waals surface area contributed by atoms with Crippen LogP contribution >= 0.6 is 30.0 Å². The Morgan fingerprint density at radius 1 is 0.667 bits per heavy atom. The summed E-state index contributed by atoms with van der Waals surface area (Å²) in [5.41, 5.74) is 4.28. The first-order valence-electron chi connectivity index (χ1n) is 10.5. The molecule has 4 aromatic rings. The number of rotatable bonds is 6. The van der Waals surface area contributed by atoms with Gasteiger partial charge in [-0.3, -0.25) is 9.36 Å². The maximum Gasteiger partial charge on any atom is 0.194 e. The highest BCUT2D eigenvalue weighted by Crippen LogP contribution is 2.36. The molecule has 4 aromatic carbocycles. The first kappa shape index (κ1) is 25.0. The van der Waals surface area contributed by atoms with E-state index in [0.717, 1.165) is 16.7 Å². The third kappa shape index (κ3) is 7.17. The van der Waals surface area contributed by atoms with Crippen LogP contribution in [0.15, 0.2) is 107 Å². The van der Waals surface area contributed by atoms with E-state index in [1.54, 1.807) is 45.9 Å². The van der Waals surface area contributed by atoms with Gasteiger partial charge >= 0.3 is 0 Å². The Morgan fingerprint density at radius 3 is 1.61 bits per heavy atom. The van der Waals surface area contributed by atoms with E-state index in [0.29, 0.717) is 16.4 Å². The summed E-state index contributed by atoms with van der Waals surface area (Å²) < 4.78 is 11.1. The molecule has 0 aromatic heterocycles. The van der Waals surface area contributed by atoms with Crippen LogP contribution in [0, 0.1) is 20.8 Å². The molecule has 0 saturated carbocycles. The summed E-state index contributed by atoms with van der Waals surface area (Å²) in [4.78, 5) is 15.2. The van der Waals surface area contributed by atoms with Crippen LogP contribution < -0.4 is 5.30 Å². The molecule has 0 unspecified atom stereocenters. The summed E-state index contributed by atoms with van der Waals surface area (Å²) in [6, 6.07) is 31.8. The minimum Gasteiger partial charge on any atom is -0.289 e. The van der Waals surface area contributed by atoms with Crippen molar-refractivity contribution in [1.82, 2.24) is 0 Å². The number of benzene rings is 4. The van der Waals surface area contributed by atoms with Crippen LogP contribution in [-0.2, 0) is 4.57 Å². The Labute approximate surface area is 205 Å². The van der Waals surface area contributed by atoms with Gasteiger partial charge < -0.3 is 0 Å². The van der Waals surface area contributed by atoms with Gasteiger partial charge in [0.25, 0.3) is 0 Å². The van der Waals surface area contributed by atoms with Crippen LogP contribution in [-0.4, -0.2) is 5.78 Å². The van der Waals surface area contributed by atoms with E-state index in [1.807, 2.05) is 45.0 Å². The highest BCUT2D eigenvalue weighted by Gasteiger charge is 2.17. The minimum atomic E-state index is -0.125. The van der Waals surface area contributed by atoms with Crippen molar-refractivity contribution in [2.75, 3.05) is 0 Å². The number of ketones is 1. The van der Waals surface area contributed by atoms with Crippen molar-refractivity contribution >= 4 is 41.1 Å². The molecule has 4 rings (SSSR count). The Balaban J connectivity index is 0.000000194. The summed E-state index contributed by atoms with van der Waals surface area (Å²) >= 11 is 0. The molecule has 0 aliphatic rings. The van der Waals surface area contributed by atoms with Gasteiger partial charge in [0.15, 0.2) is 14.2 Å². The van der Waals surface area contributed by atoms with E-state index in [4.69, 9.17) is 0 Å². The molecule has 0 bridgehead atoms. The summed E-state index contributed by atoms with van der Waals surface area (Å²) in [6.07, 6.45) is 0. The SMILES string of the molecule is Cc1cc(C)c(C(=O)c2ccccc2P=O)c(C)c1.c1ccc(SSc2ccccc2)cc1. The zero-order chi connectivity index (χ0) is 23.6. The monoisotopic (exact) mass is 488 g/mol. The van der Waals surface area contributed by atoms with E-state index in [2.05, 4.69) is 48.5 Å². The van der Waals surface area contributed by atoms with E-state index >= 15 is 0 Å². The van der Waals surface area contributed by atoms with Crippen LogP contribution in [0.3, 0.4) is 0 Å². The molecule has 0 fully saturated rings. The van der Waals surface area contributed by atoms with Gasteiger partial charge in [0.2, 0.25) is 0 Å². The van der Waals surface area contributed by atoms with Gasteiger partial charge in [-0.2, -0.15) is 0 Å². The van der Waals surface area contributed by atoms with Crippen molar-refractivity contribution in [1.29, 1.82) is 0 Å². The van der Waals surface area contributed by atoms with Gasteiger partial charge in [-0.25, -0.2) is 0 Å². The zero-order valence-corrected chi connectivity index (χ0v) is 21.3. The quantitative estimate of drug-likeness (QED) is 0.155. The highest BCUT2D eigenvalue weighted by molar-refractivity contribution is 8.76. The molecule has 33 heavy (non-hydrogen) atoms. The highest BCUT2D eigenvalue weighted by atomic mass is 33.1. The van der Waals surface area contributed by atoms with Gasteiger partial charge in [0.05, 0.1) is 5.30 Å². The van der Waals surface area contributed by atoms with Crippen LogP contribution in [0.1, 0.15) is 32.6 Å². The van der Waals surface area contributed by atoms with Gasteiger partial charge in [-0.05, 0) is 68.3 Å². The average Bonchev–Trinajstić information content (AvgIpc) is 2.84. The van der Waals surface area contributed by atoms with Gasteiger partial charge in [0.1, 0.15) is 0 Å². The van der Waals surface area contributed by atoms with Gasteiger partial charge in [-0.15, -0.1) is 0 Å². The molecule has 0 N–H and O–H groups in total. The number of hydrogen-bond acceptors (Lipinski definition) is 4. The van der Waals surface area contributed by atoms with Crippen molar-refractivity contribution in [2.24, 2.45) is 0 Å². The largest absolute Gasteiger partial charge is 0.289 e. The number of hydrogen-bond donors (Lipinski definition) is 0. The van der Waals surface area contributed by atoms with E-state index in [-0.39, 0.29) is 14.2 Å². The fourth-order valence-electron chi connectivity index (χ4n) is 3.47. The van der Waals surface area contributed by atoms with E-state index < -0.39 is 0 Å². The molecule has 0 saturated heterocycles. The third-order valence-corrected chi connectivity index (χ3v) is 7.88. The maximum atomic E-state index is 12.6. The lowest BCUT2D eigenvalue weighted by molar-refractivity contribution is 0.103. The van der Waals surface area contributed by atoms with Crippen molar-refractivity contribution in [3.05, 3.63) is 125 Å². The lowest BCUT2D eigenvalue weighted by atomic mass is 9.93. The van der Waals surface area contributed by atoms with Crippen LogP contribution in [0.5, 0.6) is 0 Å². The fourth-order valence-corrected chi connectivity index (χ4v) is 5.86. The Morgan fingerprint density at radius 2 is 1.12 bits per heavy atom. The normalized spacial score (nSPS) is 10.4. The summed E-state index contributed by atoms with van der Waals surface area (Å²) in [6.45, 7) is 5.88. The first-order valence-corrected chi connectivity index (χ1v) is 13.5. The predicted molar refractivity (Wildman–Crippen MR) is 142 cm³/mol. The Bertz CT molecular complexity index is 1160. The van der Waals surface area contributed by atoms with Gasteiger partial charge in [0, 0.05) is 20.9 Å². The van der Waals surface area contributed by atoms with Crippen LogP contribution in [0.4, 0.5) is 0 Å². The fraction of sp³-hybridized carbons (Fsp3) is 0.107. The molecular weight excluding hydrogens is 463 g/mol. The molecule has 0 heterocycles. The van der Waals surface area contributed by atoms with Crippen molar-refractivity contribution < 1.29 is 9.36 Å². The lowest BCUT2D eigenvalue weighted by Crippen LogP contribution is -2.13. The predicted octanol–water partition coefficient (Wildman–Crippen LogP) is 8.25. The van der Waals surface area contributed by atoms with Crippen LogP contribution in [0.25, 0.3) is 0 Å².